The molecule has 1 aromatic carbocycles. The lowest BCUT2D eigenvalue weighted by Gasteiger charge is -2.07. The van der Waals surface area contributed by atoms with Crippen molar-refractivity contribution in [2.75, 3.05) is 18.1 Å². The number of nitrogens with zero attached hydrogens (tertiary/aromatic N) is 1. The van der Waals surface area contributed by atoms with E-state index in [4.69, 9.17) is 10.8 Å². The van der Waals surface area contributed by atoms with E-state index in [1.54, 1.807) is 18.0 Å². The van der Waals surface area contributed by atoms with Crippen LogP contribution in [0.2, 0.25) is 0 Å². The number of rotatable bonds is 3. The van der Waals surface area contributed by atoms with Crippen LogP contribution in [-0.2, 0) is 0 Å². The minimum Gasteiger partial charge on any atom is -0.398 e. The minimum atomic E-state index is 0.160. The lowest BCUT2D eigenvalue weighted by atomic mass is 10.2. The first-order chi connectivity index (χ1) is 7.72. The van der Waals surface area contributed by atoms with Crippen LogP contribution in [0.5, 0.6) is 0 Å². The molecule has 3 nitrogen and oxygen atoms in total. The lowest BCUT2D eigenvalue weighted by molar-refractivity contribution is 0.322. The monoisotopic (exact) mass is 298 g/mol. The molecule has 0 bridgehead atoms. The Bertz CT molecular complexity index is 519. The van der Waals surface area contributed by atoms with E-state index in [1.807, 2.05) is 18.2 Å². The Balaban J connectivity index is 2.55. The van der Waals surface area contributed by atoms with Gasteiger partial charge in [-0.2, -0.15) is 0 Å². The zero-order valence-corrected chi connectivity index (χ0v) is 10.9. The number of anilines is 1. The van der Waals surface area contributed by atoms with Gasteiger partial charge in [-0.15, -0.1) is 11.8 Å². The van der Waals surface area contributed by atoms with Crippen molar-refractivity contribution in [1.82, 2.24) is 4.98 Å². The van der Waals surface area contributed by atoms with Gasteiger partial charge >= 0.3 is 0 Å². The Morgan fingerprint density at radius 2 is 2.25 bits per heavy atom. The Hall–Kier alpha value is -0.780. The summed E-state index contributed by atoms with van der Waals surface area (Å²) in [5, 5.41) is 9.77. The second-order valence-corrected chi connectivity index (χ2v) is 5.33. The fourth-order valence-electron chi connectivity index (χ4n) is 1.46. The number of pyridine rings is 1. The number of hydrogen-bond acceptors (Lipinski definition) is 4. The maximum Gasteiger partial charge on any atom is 0.0859 e. The first kappa shape index (κ1) is 11.7. The third-order valence-electron chi connectivity index (χ3n) is 2.16. The fourth-order valence-corrected chi connectivity index (χ4v) is 2.57. The van der Waals surface area contributed by atoms with Crippen molar-refractivity contribution in [2.45, 2.75) is 4.90 Å². The molecule has 0 fully saturated rings. The zero-order chi connectivity index (χ0) is 11.5. The summed E-state index contributed by atoms with van der Waals surface area (Å²) in [4.78, 5) is 5.41. The van der Waals surface area contributed by atoms with Crippen molar-refractivity contribution >= 4 is 44.3 Å². The van der Waals surface area contributed by atoms with Gasteiger partial charge in [-0.3, -0.25) is 4.98 Å². The third kappa shape index (κ3) is 2.31. The molecule has 0 atom stereocenters. The summed E-state index contributed by atoms with van der Waals surface area (Å²) in [6.45, 7) is 0.160. The highest BCUT2D eigenvalue weighted by atomic mass is 79.9. The number of nitrogen functional groups attached to an aromatic ring is 1. The quantitative estimate of drug-likeness (QED) is 0.676. The van der Waals surface area contributed by atoms with Crippen molar-refractivity contribution < 1.29 is 5.11 Å². The molecule has 1 aromatic heterocycles. The number of hydrogen-bond donors (Lipinski definition) is 2. The van der Waals surface area contributed by atoms with E-state index in [1.165, 1.54) is 0 Å². The van der Waals surface area contributed by atoms with Gasteiger partial charge in [-0.25, -0.2) is 0 Å². The van der Waals surface area contributed by atoms with Gasteiger partial charge in [0.1, 0.15) is 0 Å². The van der Waals surface area contributed by atoms with E-state index in [0.29, 0.717) is 5.75 Å². The Morgan fingerprint density at radius 1 is 1.44 bits per heavy atom. The van der Waals surface area contributed by atoms with Crippen LogP contribution in [0.4, 0.5) is 5.69 Å². The predicted molar refractivity (Wildman–Crippen MR) is 71.7 cm³/mol. The van der Waals surface area contributed by atoms with Crippen molar-refractivity contribution in [2.24, 2.45) is 0 Å². The van der Waals surface area contributed by atoms with Crippen molar-refractivity contribution in [1.29, 1.82) is 0 Å². The summed E-state index contributed by atoms with van der Waals surface area (Å²) in [5.41, 5.74) is 7.51. The number of benzene rings is 1. The van der Waals surface area contributed by atoms with Crippen LogP contribution in [0.3, 0.4) is 0 Å². The Labute approximate surface area is 106 Å². The molecular formula is C11H11BrN2OS. The van der Waals surface area contributed by atoms with Crippen LogP contribution in [0.1, 0.15) is 0 Å². The maximum absolute atomic E-state index is 8.82. The number of thioether (sulfide) groups is 1. The van der Waals surface area contributed by atoms with Crippen molar-refractivity contribution in [3.8, 4) is 0 Å². The number of nitrogens with two attached hydrogens (primary N) is 1. The van der Waals surface area contributed by atoms with Gasteiger partial charge in [0.15, 0.2) is 0 Å². The van der Waals surface area contributed by atoms with Crippen LogP contribution in [0.25, 0.3) is 10.9 Å². The molecule has 16 heavy (non-hydrogen) atoms. The van der Waals surface area contributed by atoms with E-state index in [2.05, 4.69) is 20.9 Å². The number of aliphatic hydroxyl groups is 1. The van der Waals surface area contributed by atoms with E-state index in [-0.39, 0.29) is 6.61 Å². The molecule has 2 rings (SSSR count). The smallest absolute Gasteiger partial charge is 0.0859 e. The lowest BCUT2D eigenvalue weighted by Crippen LogP contribution is -1.92. The van der Waals surface area contributed by atoms with Gasteiger partial charge in [0.05, 0.1) is 12.1 Å². The molecule has 0 aliphatic heterocycles. The molecule has 0 unspecified atom stereocenters. The third-order valence-corrected chi connectivity index (χ3v) is 3.62. The van der Waals surface area contributed by atoms with E-state index in [9.17, 15) is 0 Å². The molecule has 2 aromatic rings. The van der Waals surface area contributed by atoms with Gasteiger partial charge in [-0.05, 0) is 34.1 Å². The summed E-state index contributed by atoms with van der Waals surface area (Å²) in [5.74, 6) is 0.663. The Kier molecular flexibility index (Phi) is 3.68. The van der Waals surface area contributed by atoms with E-state index < -0.39 is 0 Å². The van der Waals surface area contributed by atoms with Gasteiger partial charge in [-0.1, -0.05) is 0 Å². The number of fused-ring (bicyclic) bond motifs is 1. The molecule has 1 heterocycles. The molecule has 0 radical (unpaired) electrons. The first-order valence-electron chi connectivity index (χ1n) is 4.80. The summed E-state index contributed by atoms with van der Waals surface area (Å²) in [7, 11) is 0. The average molecular weight is 299 g/mol. The number of aliphatic hydroxyl groups excluding tert-OH is 1. The molecule has 0 aliphatic rings. The predicted octanol–water partition coefficient (Wildman–Crippen LogP) is 2.66. The molecule has 0 spiro atoms. The SMILES string of the molecule is Nc1ccc(SCCO)c2ncc(Br)cc12. The molecule has 84 valence electrons. The molecule has 0 amide bonds. The highest BCUT2D eigenvalue weighted by Gasteiger charge is 2.06. The number of aromatic nitrogens is 1. The molecule has 0 aliphatic carbocycles. The largest absolute Gasteiger partial charge is 0.398 e. The van der Waals surface area contributed by atoms with Crippen LogP contribution in [0.15, 0.2) is 33.8 Å². The van der Waals surface area contributed by atoms with Gasteiger partial charge in [0, 0.05) is 32.4 Å². The number of halogens is 1. The van der Waals surface area contributed by atoms with Gasteiger partial charge in [0.25, 0.3) is 0 Å². The second kappa shape index (κ2) is 5.03. The minimum absolute atomic E-state index is 0.160. The van der Waals surface area contributed by atoms with E-state index in [0.717, 1.165) is 26.0 Å². The molecular weight excluding hydrogens is 288 g/mol. The van der Waals surface area contributed by atoms with Gasteiger partial charge < -0.3 is 10.8 Å². The van der Waals surface area contributed by atoms with Crippen LogP contribution in [-0.4, -0.2) is 22.5 Å². The normalized spacial score (nSPS) is 10.9. The van der Waals surface area contributed by atoms with Crippen LogP contribution >= 0.6 is 27.7 Å². The molecule has 0 saturated heterocycles. The molecule has 5 heteroatoms. The summed E-state index contributed by atoms with van der Waals surface area (Å²) < 4.78 is 0.913. The first-order valence-corrected chi connectivity index (χ1v) is 6.57. The summed E-state index contributed by atoms with van der Waals surface area (Å²) in [6.07, 6.45) is 1.75. The Morgan fingerprint density at radius 3 is 3.00 bits per heavy atom. The standard InChI is InChI=1S/C11H11BrN2OS/c12-7-5-8-9(13)1-2-10(16-4-3-15)11(8)14-6-7/h1-2,5-6,15H,3-4,13H2. The molecule has 3 N–H and O–H groups in total. The summed E-state index contributed by atoms with van der Waals surface area (Å²) in [6, 6.07) is 5.77. The maximum atomic E-state index is 8.82. The van der Waals surface area contributed by atoms with Crippen LogP contribution in [0, 0.1) is 0 Å². The topological polar surface area (TPSA) is 59.1 Å². The average Bonchev–Trinajstić information content (AvgIpc) is 2.29. The van der Waals surface area contributed by atoms with E-state index >= 15 is 0 Å². The summed E-state index contributed by atoms with van der Waals surface area (Å²) >= 11 is 4.96. The highest BCUT2D eigenvalue weighted by Crippen LogP contribution is 2.31. The highest BCUT2D eigenvalue weighted by molar-refractivity contribution is 9.10. The zero-order valence-electron chi connectivity index (χ0n) is 8.48. The molecule has 0 saturated carbocycles. The second-order valence-electron chi connectivity index (χ2n) is 3.27. The van der Waals surface area contributed by atoms with Crippen LogP contribution < -0.4 is 5.73 Å². The van der Waals surface area contributed by atoms with Gasteiger partial charge in [0.2, 0.25) is 0 Å². The van der Waals surface area contributed by atoms with Crippen molar-refractivity contribution in [3.63, 3.8) is 0 Å². The fraction of sp³-hybridized carbons (Fsp3) is 0.182. The van der Waals surface area contributed by atoms with Crippen molar-refractivity contribution in [3.05, 3.63) is 28.9 Å².